The molecular formula is C15H19N3S3. The van der Waals surface area contributed by atoms with E-state index in [9.17, 15) is 0 Å². The molecule has 1 fully saturated rings. The summed E-state index contributed by atoms with van der Waals surface area (Å²) in [6, 6.07) is 9.46. The smallest absolute Gasteiger partial charge is 0.174 e. The number of aromatic nitrogens is 2. The van der Waals surface area contributed by atoms with Crippen LogP contribution in [0.25, 0.3) is 0 Å². The van der Waals surface area contributed by atoms with Crippen molar-refractivity contribution in [2.24, 2.45) is 0 Å². The zero-order chi connectivity index (χ0) is 14.7. The highest BCUT2D eigenvalue weighted by Crippen LogP contribution is 2.32. The van der Waals surface area contributed by atoms with Gasteiger partial charge in [-0.1, -0.05) is 52.9 Å². The summed E-state index contributed by atoms with van der Waals surface area (Å²) in [4.78, 5) is 2.55. The van der Waals surface area contributed by atoms with E-state index in [0.29, 0.717) is 6.04 Å². The van der Waals surface area contributed by atoms with Gasteiger partial charge in [-0.3, -0.25) is 4.90 Å². The molecule has 1 aliphatic rings. The van der Waals surface area contributed by atoms with Gasteiger partial charge in [0.2, 0.25) is 0 Å². The van der Waals surface area contributed by atoms with E-state index in [1.165, 1.54) is 16.9 Å². The van der Waals surface area contributed by atoms with Crippen molar-refractivity contribution >= 4 is 34.9 Å². The summed E-state index contributed by atoms with van der Waals surface area (Å²) in [5, 5.41) is 9.66. The van der Waals surface area contributed by atoms with Crippen LogP contribution in [0.2, 0.25) is 0 Å². The molecule has 0 saturated carbocycles. The highest BCUT2D eigenvalue weighted by atomic mass is 32.2. The highest BCUT2D eigenvalue weighted by molar-refractivity contribution is 8.00. The van der Waals surface area contributed by atoms with Gasteiger partial charge in [0.15, 0.2) is 4.34 Å². The largest absolute Gasteiger partial charge is 0.288 e. The van der Waals surface area contributed by atoms with Crippen LogP contribution in [0.1, 0.15) is 22.2 Å². The van der Waals surface area contributed by atoms with Crippen molar-refractivity contribution in [3.63, 3.8) is 0 Å². The van der Waals surface area contributed by atoms with Gasteiger partial charge in [-0.05, 0) is 18.7 Å². The maximum absolute atomic E-state index is 4.32. The van der Waals surface area contributed by atoms with Gasteiger partial charge in [-0.15, -0.1) is 10.2 Å². The van der Waals surface area contributed by atoms with Crippen molar-refractivity contribution < 1.29 is 0 Å². The van der Waals surface area contributed by atoms with E-state index < -0.39 is 0 Å². The Labute approximate surface area is 138 Å². The zero-order valence-corrected chi connectivity index (χ0v) is 14.7. The van der Waals surface area contributed by atoms with Crippen LogP contribution in [0.5, 0.6) is 0 Å². The molecular weight excluding hydrogens is 318 g/mol. The summed E-state index contributed by atoms with van der Waals surface area (Å²) in [5.41, 5.74) is 2.74. The lowest BCUT2D eigenvalue weighted by molar-refractivity contribution is 0.211. The molecule has 21 heavy (non-hydrogen) atoms. The number of benzene rings is 1. The molecule has 1 atom stereocenters. The van der Waals surface area contributed by atoms with Gasteiger partial charge in [0.1, 0.15) is 5.01 Å². The Balaban J connectivity index is 1.76. The number of aryl methyl sites for hydroxylation is 1. The first-order valence-electron chi connectivity index (χ1n) is 7.01. The van der Waals surface area contributed by atoms with Crippen molar-refractivity contribution in [2.75, 3.05) is 24.3 Å². The minimum absolute atomic E-state index is 0.492. The summed E-state index contributed by atoms with van der Waals surface area (Å²) in [6.07, 6.45) is 2.05. The van der Waals surface area contributed by atoms with Crippen LogP contribution in [-0.2, 0) is 6.54 Å². The van der Waals surface area contributed by atoms with Gasteiger partial charge in [0.25, 0.3) is 0 Å². The van der Waals surface area contributed by atoms with Gasteiger partial charge in [-0.2, -0.15) is 11.8 Å². The van der Waals surface area contributed by atoms with Crippen molar-refractivity contribution in [3.8, 4) is 0 Å². The lowest BCUT2D eigenvalue weighted by Crippen LogP contribution is -2.35. The third kappa shape index (κ3) is 3.80. The number of hydrogen-bond acceptors (Lipinski definition) is 6. The van der Waals surface area contributed by atoms with Crippen molar-refractivity contribution in [2.45, 2.75) is 23.8 Å². The summed E-state index contributed by atoms with van der Waals surface area (Å²) in [5.74, 6) is 2.37. The van der Waals surface area contributed by atoms with Crippen LogP contribution in [-0.4, -0.2) is 39.4 Å². The predicted octanol–water partition coefficient (Wildman–Crippen LogP) is 3.86. The Hall–Kier alpha value is -0.560. The highest BCUT2D eigenvalue weighted by Gasteiger charge is 2.25. The summed E-state index contributed by atoms with van der Waals surface area (Å²) >= 11 is 5.44. The monoisotopic (exact) mass is 337 g/mol. The van der Waals surface area contributed by atoms with E-state index in [0.717, 1.165) is 28.2 Å². The van der Waals surface area contributed by atoms with Gasteiger partial charge in [0.05, 0.1) is 6.54 Å². The summed E-state index contributed by atoms with van der Waals surface area (Å²) in [7, 11) is 0. The van der Waals surface area contributed by atoms with Crippen LogP contribution in [0.15, 0.2) is 28.6 Å². The quantitative estimate of drug-likeness (QED) is 0.790. The maximum Gasteiger partial charge on any atom is 0.174 e. The number of hydrogen-bond donors (Lipinski definition) is 0. The van der Waals surface area contributed by atoms with Crippen molar-refractivity contribution in [3.05, 3.63) is 40.4 Å². The molecule has 0 bridgehead atoms. The van der Waals surface area contributed by atoms with Crippen LogP contribution >= 0.6 is 34.9 Å². The van der Waals surface area contributed by atoms with E-state index in [1.54, 1.807) is 23.1 Å². The molecule has 2 heterocycles. The number of nitrogens with zero attached hydrogens (tertiary/aromatic N) is 3. The van der Waals surface area contributed by atoms with Gasteiger partial charge >= 0.3 is 0 Å². The van der Waals surface area contributed by atoms with Crippen LogP contribution in [0.3, 0.4) is 0 Å². The molecule has 1 aromatic carbocycles. The summed E-state index contributed by atoms with van der Waals surface area (Å²) < 4.78 is 1.06. The van der Waals surface area contributed by atoms with Gasteiger partial charge in [0, 0.05) is 24.1 Å². The van der Waals surface area contributed by atoms with Gasteiger partial charge in [-0.25, -0.2) is 0 Å². The topological polar surface area (TPSA) is 29.0 Å². The first-order valence-corrected chi connectivity index (χ1v) is 10.2. The molecule has 0 amide bonds. The second-order valence-corrected chi connectivity index (χ2v) is 8.40. The molecule has 0 radical (unpaired) electrons. The molecule has 1 saturated heterocycles. The maximum atomic E-state index is 4.32. The molecule has 112 valence electrons. The van der Waals surface area contributed by atoms with E-state index in [2.05, 4.69) is 52.5 Å². The molecule has 3 nitrogen and oxygen atoms in total. The van der Waals surface area contributed by atoms with E-state index in [-0.39, 0.29) is 0 Å². The van der Waals surface area contributed by atoms with Crippen LogP contribution < -0.4 is 0 Å². The second-order valence-electron chi connectivity index (χ2n) is 5.14. The van der Waals surface area contributed by atoms with Crippen molar-refractivity contribution in [1.82, 2.24) is 15.1 Å². The number of thioether (sulfide) groups is 2. The van der Waals surface area contributed by atoms with Crippen LogP contribution in [0.4, 0.5) is 0 Å². The minimum Gasteiger partial charge on any atom is -0.288 e. The fourth-order valence-electron chi connectivity index (χ4n) is 2.48. The molecule has 1 aliphatic heterocycles. The Morgan fingerprint density at radius 1 is 1.29 bits per heavy atom. The Morgan fingerprint density at radius 2 is 2.10 bits per heavy atom. The molecule has 3 rings (SSSR count). The predicted molar refractivity (Wildman–Crippen MR) is 93.3 cm³/mol. The van der Waals surface area contributed by atoms with Gasteiger partial charge < -0.3 is 0 Å². The minimum atomic E-state index is 0.492. The first kappa shape index (κ1) is 15.3. The Bertz CT molecular complexity index is 582. The number of rotatable bonds is 4. The molecule has 1 aromatic heterocycles. The average Bonchev–Trinajstić information content (AvgIpc) is 2.96. The SMILES string of the molecule is CSc1nnc(CN2CCSCC2c2ccc(C)cc2)s1. The average molecular weight is 338 g/mol. The molecule has 6 heteroatoms. The summed E-state index contributed by atoms with van der Waals surface area (Å²) in [6.45, 7) is 4.18. The molecule has 2 aromatic rings. The van der Waals surface area contributed by atoms with Crippen molar-refractivity contribution in [1.29, 1.82) is 0 Å². The second kappa shape index (κ2) is 7.13. The lowest BCUT2D eigenvalue weighted by atomic mass is 10.0. The fraction of sp³-hybridized carbons (Fsp3) is 0.467. The standard InChI is InChI=1S/C15H19N3S3/c1-11-3-5-12(6-4-11)13-10-20-8-7-18(13)9-14-16-17-15(19-2)21-14/h3-6,13H,7-10H2,1-2H3. The van der Waals surface area contributed by atoms with E-state index in [1.807, 2.05) is 11.8 Å². The molecule has 0 N–H and O–H groups in total. The Kier molecular flexibility index (Phi) is 5.21. The normalized spacial score (nSPS) is 19.8. The lowest BCUT2D eigenvalue weighted by Gasteiger charge is -2.35. The first-order chi connectivity index (χ1) is 10.3. The fourth-order valence-corrected chi connectivity index (χ4v) is 4.98. The molecule has 0 aliphatic carbocycles. The third-order valence-electron chi connectivity index (χ3n) is 3.66. The van der Waals surface area contributed by atoms with E-state index in [4.69, 9.17) is 0 Å². The molecule has 1 unspecified atom stereocenters. The van der Waals surface area contributed by atoms with Crippen LogP contribution in [0, 0.1) is 6.92 Å². The molecule has 0 spiro atoms. The Morgan fingerprint density at radius 3 is 2.81 bits per heavy atom. The van der Waals surface area contributed by atoms with E-state index >= 15 is 0 Å². The zero-order valence-electron chi connectivity index (χ0n) is 12.3. The third-order valence-corrected chi connectivity index (χ3v) is 6.57.